The normalized spacial score (nSPS) is 10.7. The summed E-state index contributed by atoms with van der Waals surface area (Å²) in [5.41, 5.74) is 7.57. The molecule has 1 amide bonds. The van der Waals surface area contributed by atoms with Gasteiger partial charge >= 0.3 is 0 Å². The maximum Gasteiger partial charge on any atom is 0.274 e. The lowest BCUT2D eigenvalue weighted by Gasteiger charge is -2.17. The minimum absolute atomic E-state index is 0.0936. The lowest BCUT2D eigenvalue weighted by Crippen LogP contribution is -2.30. The Morgan fingerprint density at radius 1 is 1.42 bits per heavy atom. The molecule has 0 unspecified atom stereocenters. The molecule has 1 rings (SSSR count). The maximum absolute atomic E-state index is 12.4. The van der Waals surface area contributed by atoms with E-state index in [1.807, 2.05) is 6.92 Å². The molecule has 19 heavy (non-hydrogen) atoms. The summed E-state index contributed by atoms with van der Waals surface area (Å²) >= 11 is 0. The van der Waals surface area contributed by atoms with Crippen molar-refractivity contribution in [2.24, 2.45) is 0 Å². The van der Waals surface area contributed by atoms with Crippen molar-refractivity contribution in [3.05, 3.63) is 11.4 Å². The first kappa shape index (κ1) is 15.5. The third kappa shape index (κ3) is 3.70. The van der Waals surface area contributed by atoms with E-state index in [2.05, 4.69) is 5.10 Å². The number of aryl methyl sites for hydroxylation is 2. The van der Waals surface area contributed by atoms with Crippen LogP contribution in [0.1, 0.15) is 42.4 Å². The average molecular weight is 268 g/mol. The van der Waals surface area contributed by atoms with Gasteiger partial charge in [-0.1, -0.05) is 0 Å². The molecular formula is C13H24N4O2. The number of rotatable bonds is 7. The summed E-state index contributed by atoms with van der Waals surface area (Å²) in [7, 11) is 1.77. The first-order chi connectivity index (χ1) is 9.02. The highest BCUT2D eigenvalue weighted by Gasteiger charge is 2.21. The van der Waals surface area contributed by atoms with E-state index in [0.717, 1.165) is 19.3 Å². The number of nitrogens with zero attached hydrogens (tertiary/aromatic N) is 3. The lowest BCUT2D eigenvalue weighted by atomic mass is 10.2. The Bertz CT molecular complexity index is 429. The summed E-state index contributed by atoms with van der Waals surface area (Å²) in [5, 5.41) is 13.0. The molecule has 6 heteroatoms. The molecule has 1 aromatic rings. The Labute approximate surface area is 114 Å². The molecule has 0 bridgehead atoms. The van der Waals surface area contributed by atoms with Crippen molar-refractivity contribution in [3.63, 3.8) is 0 Å². The van der Waals surface area contributed by atoms with Crippen molar-refractivity contribution in [3.8, 4) is 0 Å². The minimum atomic E-state index is -0.0936. The third-order valence-corrected chi connectivity index (χ3v) is 3.17. The second-order valence-corrected chi connectivity index (χ2v) is 4.67. The summed E-state index contributed by atoms with van der Waals surface area (Å²) in [6.45, 7) is 5.22. The Hall–Kier alpha value is -1.56. The molecule has 0 atom stereocenters. The van der Waals surface area contributed by atoms with Crippen LogP contribution in [-0.2, 0) is 6.54 Å². The van der Waals surface area contributed by atoms with E-state index in [1.165, 1.54) is 0 Å². The summed E-state index contributed by atoms with van der Waals surface area (Å²) in [6.07, 6.45) is 2.56. The van der Waals surface area contributed by atoms with Crippen LogP contribution < -0.4 is 5.73 Å². The van der Waals surface area contributed by atoms with Gasteiger partial charge in [0.05, 0.1) is 11.4 Å². The Balaban J connectivity index is 2.71. The first-order valence-corrected chi connectivity index (χ1v) is 6.72. The highest BCUT2D eigenvalue weighted by atomic mass is 16.2. The SMILES string of the molecule is CCn1nc(C)c(N)c1C(=O)N(C)CCCCCO. The number of carbonyl (C=O) groups excluding carboxylic acids is 1. The number of aliphatic hydroxyl groups excluding tert-OH is 1. The van der Waals surface area contributed by atoms with Crippen LogP contribution in [0, 0.1) is 6.92 Å². The number of nitrogen functional groups attached to an aromatic ring is 1. The molecule has 0 aliphatic carbocycles. The Morgan fingerprint density at radius 3 is 2.68 bits per heavy atom. The summed E-state index contributed by atoms with van der Waals surface area (Å²) in [4.78, 5) is 14.0. The fraction of sp³-hybridized carbons (Fsp3) is 0.692. The van der Waals surface area contributed by atoms with Crippen LogP contribution in [0.25, 0.3) is 0 Å². The molecule has 0 radical (unpaired) electrons. The Morgan fingerprint density at radius 2 is 2.11 bits per heavy atom. The van der Waals surface area contributed by atoms with Gasteiger partial charge in [-0.2, -0.15) is 5.10 Å². The van der Waals surface area contributed by atoms with Crippen LogP contribution in [0.4, 0.5) is 5.69 Å². The number of hydrogen-bond acceptors (Lipinski definition) is 4. The zero-order chi connectivity index (χ0) is 14.4. The van der Waals surface area contributed by atoms with Crippen LogP contribution >= 0.6 is 0 Å². The number of aliphatic hydroxyl groups is 1. The predicted octanol–water partition coefficient (Wildman–Crippen LogP) is 1.03. The van der Waals surface area contributed by atoms with Crippen LogP contribution in [0.15, 0.2) is 0 Å². The molecule has 0 saturated heterocycles. The van der Waals surface area contributed by atoms with Crippen LogP contribution in [-0.4, -0.2) is 45.9 Å². The monoisotopic (exact) mass is 268 g/mol. The maximum atomic E-state index is 12.4. The average Bonchev–Trinajstić information content (AvgIpc) is 2.69. The van der Waals surface area contributed by atoms with Crippen molar-refractivity contribution in [2.45, 2.75) is 39.7 Å². The second-order valence-electron chi connectivity index (χ2n) is 4.67. The van der Waals surface area contributed by atoms with Crippen molar-refractivity contribution in [2.75, 3.05) is 25.9 Å². The van der Waals surface area contributed by atoms with E-state index in [0.29, 0.717) is 30.2 Å². The minimum Gasteiger partial charge on any atom is -0.396 e. The number of hydrogen-bond donors (Lipinski definition) is 2. The van der Waals surface area contributed by atoms with Crippen LogP contribution in [0.5, 0.6) is 0 Å². The summed E-state index contributed by atoms with van der Waals surface area (Å²) in [5.74, 6) is -0.0936. The Kier molecular flexibility index (Phi) is 5.82. The van der Waals surface area contributed by atoms with Crippen molar-refractivity contribution < 1.29 is 9.90 Å². The van der Waals surface area contributed by atoms with Crippen LogP contribution in [0.2, 0.25) is 0 Å². The van der Waals surface area contributed by atoms with E-state index in [-0.39, 0.29) is 12.5 Å². The first-order valence-electron chi connectivity index (χ1n) is 6.72. The van der Waals surface area contributed by atoms with Gasteiger partial charge in [0.2, 0.25) is 0 Å². The third-order valence-electron chi connectivity index (χ3n) is 3.17. The van der Waals surface area contributed by atoms with Crippen molar-refractivity contribution in [1.29, 1.82) is 0 Å². The number of unbranched alkanes of at least 4 members (excludes halogenated alkanes) is 2. The van der Waals surface area contributed by atoms with Gasteiger partial charge in [0, 0.05) is 26.7 Å². The largest absolute Gasteiger partial charge is 0.396 e. The standard InChI is InChI=1S/C13H24N4O2/c1-4-17-12(11(14)10(2)15-17)13(19)16(3)8-6-5-7-9-18/h18H,4-9,14H2,1-3H3. The quantitative estimate of drug-likeness (QED) is 0.723. The number of aromatic nitrogens is 2. The number of nitrogens with two attached hydrogens (primary N) is 1. The molecule has 0 saturated carbocycles. The molecule has 3 N–H and O–H groups in total. The zero-order valence-corrected chi connectivity index (χ0v) is 12.0. The number of anilines is 1. The van der Waals surface area contributed by atoms with Gasteiger partial charge in [0.15, 0.2) is 0 Å². The topological polar surface area (TPSA) is 84.4 Å². The zero-order valence-electron chi connectivity index (χ0n) is 12.0. The highest BCUT2D eigenvalue weighted by Crippen LogP contribution is 2.18. The second kappa shape index (κ2) is 7.13. The number of amides is 1. The van der Waals surface area contributed by atoms with E-state index in [1.54, 1.807) is 23.6 Å². The van der Waals surface area contributed by atoms with Gasteiger partial charge in [-0.3, -0.25) is 9.48 Å². The molecule has 108 valence electrons. The molecule has 0 spiro atoms. The van der Waals surface area contributed by atoms with Crippen molar-refractivity contribution >= 4 is 11.6 Å². The number of carbonyl (C=O) groups is 1. The highest BCUT2D eigenvalue weighted by molar-refractivity contribution is 5.97. The molecule has 1 aromatic heterocycles. The summed E-state index contributed by atoms with van der Waals surface area (Å²) in [6, 6.07) is 0. The molecule has 1 heterocycles. The molecule has 0 fully saturated rings. The fourth-order valence-corrected chi connectivity index (χ4v) is 1.97. The van der Waals surface area contributed by atoms with Gasteiger partial charge in [-0.15, -0.1) is 0 Å². The predicted molar refractivity (Wildman–Crippen MR) is 74.9 cm³/mol. The summed E-state index contributed by atoms with van der Waals surface area (Å²) < 4.78 is 1.65. The van der Waals surface area contributed by atoms with E-state index >= 15 is 0 Å². The molecule has 6 nitrogen and oxygen atoms in total. The van der Waals surface area contributed by atoms with E-state index in [9.17, 15) is 4.79 Å². The molecule has 0 aromatic carbocycles. The van der Waals surface area contributed by atoms with Gasteiger partial charge in [-0.25, -0.2) is 0 Å². The fourth-order valence-electron chi connectivity index (χ4n) is 1.97. The van der Waals surface area contributed by atoms with Crippen molar-refractivity contribution in [1.82, 2.24) is 14.7 Å². The molecular weight excluding hydrogens is 244 g/mol. The van der Waals surface area contributed by atoms with Gasteiger partial charge < -0.3 is 15.7 Å². The molecule has 0 aliphatic heterocycles. The lowest BCUT2D eigenvalue weighted by molar-refractivity contribution is 0.0781. The van der Waals surface area contributed by atoms with Crippen LogP contribution in [0.3, 0.4) is 0 Å². The van der Waals surface area contributed by atoms with E-state index in [4.69, 9.17) is 10.8 Å². The van der Waals surface area contributed by atoms with Gasteiger partial charge in [0.1, 0.15) is 5.69 Å². The smallest absolute Gasteiger partial charge is 0.274 e. The van der Waals surface area contributed by atoms with E-state index < -0.39 is 0 Å². The van der Waals surface area contributed by atoms with Gasteiger partial charge in [0.25, 0.3) is 5.91 Å². The molecule has 0 aliphatic rings. The van der Waals surface area contributed by atoms with Gasteiger partial charge in [-0.05, 0) is 33.1 Å².